The van der Waals surface area contributed by atoms with E-state index in [1.54, 1.807) is 12.1 Å². The van der Waals surface area contributed by atoms with Gasteiger partial charge in [-0.05, 0) is 38.3 Å². The number of rotatable bonds is 7. The van der Waals surface area contributed by atoms with E-state index in [0.717, 1.165) is 25.7 Å². The summed E-state index contributed by atoms with van der Waals surface area (Å²) < 4.78 is 10.9. The molecule has 0 bridgehead atoms. The highest BCUT2D eigenvalue weighted by Crippen LogP contribution is 2.24. The highest BCUT2D eigenvalue weighted by Gasteiger charge is 2.28. The third-order valence-electron chi connectivity index (χ3n) is 4.19. The number of ether oxygens (including phenoxy) is 1. The number of hydrogen-bond donors (Lipinski definition) is 2. The molecule has 1 saturated heterocycles. The monoisotopic (exact) mass is 309 g/mol. The molecule has 0 radical (unpaired) electrons. The van der Waals surface area contributed by atoms with Crippen molar-refractivity contribution in [2.24, 2.45) is 5.92 Å². The molecule has 5 nitrogen and oxygen atoms in total. The van der Waals surface area contributed by atoms with Crippen LogP contribution in [0.5, 0.6) is 0 Å². The molecular formula is C17H27NO4. The van der Waals surface area contributed by atoms with Crippen LogP contribution in [0.4, 0.5) is 0 Å². The zero-order valence-corrected chi connectivity index (χ0v) is 13.5. The minimum absolute atomic E-state index is 0.0218. The molecule has 0 aromatic carbocycles. The third-order valence-corrected chi connectivity index (χ3v) is 4.19. The summed E-state index contributed by atoms with van der Waals surface area (Å²) in [5, 5.41) is 13.1. The van der Waals surface area contributed by atoms with Gasteiger partial charge in [-0.25, -0.2) is 0 Å². The summed E-state index contributed by atoms with van der Waals surface area (Å²) in [5.41, 5.74) is 0. The average molecular weight is 309 g/mol. The lowest BCUT2D eigenvalue weighted by atomic mass is 9.92. The van der Waals surface area contributed by atoms with Gasteiger partial charge in [-0.3, -0.25) is 4.79 Å². The van der Waals surface area contributed by atoms with Crippen molar-refractivity contribution >= 4 is 5.91 Å². The molecule has 1 aromatic rings. The number of furan rings is 1. The van der Waals surface area contributed by atoms with Crippen molar-refractivity contribution in [2.45, 2.75) is 64.2 Å². The van der Waals surface area contributed by atoms with Gasteiger partial charge in [-0.15, -0.1) is 0 Å². The second kappa shape index (κ2) is 8.34. The number of aliphatic hydroxyl groups excluding tert-OH is 1. The minimum Gasteiger partial charge on any atom is -0.467 e. The van der Waals surface area contributed by atoms with Crippen molar-refractivity contribution in [2.75, 3.05) is 6.61 Å². The van der Waals surface area contributed by atoms with Crippen LogP contribution in [0, 0.1) is 5.92 Å². The molecule has 124 valence electrons. The van der Waals surface area contributed by atoms with Crippen LogP contribution in [0.15, 0.2) is 22.8 Å². The summed E-state index contributed by atoms with van der Waals surface area (Å²) in [6.07, 6.45) is 5.17. The van der Waals surface area contributed by atoms with Gasteiger partial charge < -0.3 is 19.6 Å². The molecular weight excluding hydrogens is 282 g/mol. The van der Waals surface area contributed by atoms with Crippen LogP contribution < -0.4 is 5.32 Å². The lowest BCUT2D eigenvalue weighted by Gasteiger charge is -2.29. The number of carbonyl (C=O) groups excluding carboxylic acids is 1. The first kappa shape index (κ1) is 17.0. The van der Waals surface area contributed by atoms with E-state index in [1.165, 1.54) is 6.26 Å². The largest absolute Gasteiger partial charge is 0.467 e. The topological polar surface area (TPSA) is 71.7 Å². The second-order valence-electron chi connectivity index (χ2n) is 6.18. The Kier molecular flexibility index (Phi) is 6.46. The summed E-state index contributed by atoms with van der Waals surface area (Å²) in [6, 6.07) is 3.39. The van der Waals surface area contributed by atoms with Gasteiger partial charge in [-0.1, -0.05) is 13.3 Å². The molecule has 0 aliphatic carbocycles. The fourth-order valence-corrected chi connectivity index (χ4v) is 2.99. The molecule has 0 saturated carbocycles. The zero-order valence-electron chi connectivity index (χ0n) is 13.5. The summed E-state index contributed by atoms with van der Waals surface area (Å²) in [7, 11) is 0. The maximum absolute atomic E-state index is 12.4. The standard InChI is InChI=1S/C17H27NO4/c1-3-5-14-11-13(7-9-21-14)17(20)18-12(2)10-15(19)16-6-4-8-22-16/h4,6,8,12-15,19H,3,5,7,9-11H2,1-2H3,(H,18,20). The third kappa shape index (κ3) is 4.85. The predicted molar refractivity (Wildman–Crippen MR) is 83.3 cm³/mol. The maximum Gasteiger partial charge on any atom is 0.223 e. The van der Waals surface area contributed by atoms with Crippen molar-refractivity contribution in [1.29, 1.82) is 0 Å². The van der Waals surface area contributed by atoms with Gasteiger partial charge in [-0.2, -0.15) is 0 Å². The Labute approximate surface area is 132 Å². The summed E-state index contributed by atoms with van der Waals surface area (Å²) in [4.78, 5) is 12.4. The quantitative estimate of drug-likeness (QED) is 0.812. The highest BCUT2D eigenvalue weighted by atomic mass is 16.5. The zero-order chi connectivity index (χ0) is 15.9. The molecule has 1 aliphatic heterocycles. The Morgan fingerprint density at radius 1 is 1.55 bits per heavy atom. The van der Waals surface area contributed by atoms with E-state index in [0.29, 0.717) is 18.8 Å². The first-order valence-electron chi connectivity index (χ1n) is 8.23. The molecule has 1 aromatic heterocycles. The van der Waals surface area contributed by atoms with E-state index in [-0.39, 0.29) is 24.0 Å². The predicted octanol–water partition coefficient (Wildman–Crippen LogP) is 2.80. The van der Waals surface area contributed by atoms with Crippen molar-refractivity contribution in [3.05, 3.63) is 24.2 Å². The number of aliphatic hydroxyl groups is 1. The van der Waals surface area contributed by atoms with Gasteiger partial charge in [0.1, 0.15) is 11.9 Å². The van der Waals surface area contributed by atoms with Crippen LogP contribution in [0.3, 0.4) is 0 Å². The van der Waals surface area contributed by atoms with Crippen molar-refractivity contribution < 1.29 is 19.1 Å². The van der Waals surface area contributed by atoms with Crippen molar-refractivity contribution in [3.63, 3.8) is 0 Å². The summed E-state index contributed by atoms with van der Waals surface area (Å²) in [5.74, 6) is 0.632. The van der Waals surface area contributed by atoms with Crippen LogP contribution in [-0.2, 0) is 9.53 Å². The van der Waals surface area contributed by atoms with Gasteiger partial charge in [0.05, 0.1) is 12.4 Å². The smallest absolute Gasteiger partial charge is 0.223 e. The second-order valence-corrected chi connectivity index (χ2v) is 6.18. The maximum atomic E-state index is 12.4. The fourth-order valence-electron chi connectivity index (χ4n) is 2.99. The first-order valence-corrected chi connectivity index (χ1v) is 8.23. The minimum atomic E-state index is -0.687. The number of amides is 1. The highest BCUT2D eigenvalue weighted by molar-refractivity contribution is 5.79. The SMILES string of the molecule is CCCC1CC(C(=O)NC(C)CC(O)c2ccco2)CCO1. The van der Waals surface area contributed by atoms with E-state index in [9.17, 15) is 9.90 Å². The van der Waals surface area contributed by atoms with Crippen molar-refractivity contribution in [1.82, 2.24) is 5.32 Å². The van der Waals surface area contributed by atoms with Crippen molar-refractivity contribution in [3.8, 4) is 0 Å². The Bertz CT molecular complexity index is 444. The molecule has 2 rings (SSSR count). The van der Waals surface area contributed by atoms with E-state index in [1.807, 2.05) is 6.92 Å². The van der Waals surface area contributed by atoms with Crippen LogP contribution in [-0.4, -0.2) is 29.8 Å². The Hall–Kier alpha value is -1.33. The van der Waals surface area contributed by atoms with Gasteiger partial charge >= 0.3 is 0 Å². The Balaban J connectivity index is 1.78. The lowest BCUT2D eigenvalue weighted by molar-refractivity contribution is -0.131. The molecule has 5 heteroatoms. The molecule has 4 atom stereocenters. The number of hydrogen-bond acceptors (Lipinski definition) is 4. The van der Waals surface area contributed by atoms with Crippen LogP contribution in [0.1, 0.15) is 57.8 Å². The molecule has 2 N–H and O–H groups in total. The Morgan fingerprint density at radius 3 is 3.05 bits per heavy atom. The molecule has 0 spiro atoms. The molecule has 1 fully saturated rings. The van der Waals surface area contributed by atoms with E-state index in [4.69, 9.17) is 9.15 Å². The normalized spacial score (nSPS) is 24.7. The summed E-state index contributed by atoms with van der Waals surface area (Å²) >= 11 is 0. The van der Waals surface area contributed by atoms with E-state index >= 15 is 0 Å². The van der Waals surface area contributed by atoms with Gasteiger partial charge in [0, 0.05) is 25.0 Å². The van der Waals surface area contributed by atoms with Gasteiger partial charge in [0.2, 0.25) is 5.91 Å². The molecule has 22 heavy (non-hydrogen) atoms. The lowest BCUT2D eigenvalue weighted by Crippen LogP contribution is -2.41. The van der Waals surface area contributed by atoms with E-state index < -0.39 is 6.10 Å². The number of carbonyl (C=O) groups is 1. The number of nitrogens with one attached hydrogen (secondary N) is 1. The average Bonchev–Trinajstić information content (AvgIpc) is 3.02. The van der Waals surface area contributed by atoms with Crippen LogP contribution in [0.25, 0.3) is 0 Å². The molecule has 1 amide bonds. The summed E-state index contributed by atoms with van der Waals surface area (Å²) in [6.45, 7) is 4.70. The van der Waals surface area contributed by atoms with E-state index in [2.05, 4.69) is 12.2 Å². The fraction of sp³-hybridized carbons (Fsp3) is 0.706. The molecule has 1 aliphatic rings. The van der Waals surface area contributed by atoms with Crippen LogP contribution >= 0.6 is 0 Å². The molecule has 4 unspecified atom stereocenters. The first-order chi connectivity index (χ1) is 10.6. The molecule has 2 heterocycles. The Morgan fingerprint density at radius 2 is 2.36 bits per heavy atom. The van der Waals surface area contributed by atoms with Gasteiger partial charge in [0.25, 0.3) is 0 Å². The van der Waals surface area contributed by atoms with Gasteiger partial charge in [0.15, 0.2) is 0 Å². The van der Waals surface area contributed by atoms with Crippen LogP contribution in [0.2, 0.25) is 0 Å².